The molecule has 0 aromatic carbocycles. The normalized spacial score (nSPS) is 18.9. The SMILES string of the molecule is CC1CN(C(=O)c2cnco2)CCN1c1cccc(F)n1. The Morgan fingerprint density at radius 2 is 2.29 bits per heavy atom. The highest BCUT2D eigenvalue weighted by Crippen LogP contribution is 2.19. The molecule has 1 aliphatic rings. The van der Waals surface area contributed by atoms with Crippen molar-refractivity contribution in [2.75, 3.05) is 24.5 Å². The van der Waals surface area contributed by atoms with E-state index in [1.807, 2.05) is 11.8 Å². The Hall–Kier alpha value is -2.44. The lowest BCUT2D eigenvalue weighted by molar-refractivity contribution is 0.0694. The molecule has 0 N–H and O–H groups in total. The molecule has 0 spiro atoms. The Morgan fingerprint density at radius 1 is 1.43 bits per heavy atom. The first-order chi connectivity index (χ1) is 10.1. The van der Waals surface area contributed by atoms with Crippen molar-refractivity contribution in [1.82, 2.24) is 14.9 Å². The lowest BCUT2D eigenvalue weighted by atomic mass is 10.2. The van der Waals surface area contributed by atoms with E-state index in [2.05, 4.69) is 9.97 Å². The van der Waals surface area contributed by atoms with Crippen LogP contribution in [0.5, 0.6) is 0 Å². The summed E-state index contributed by atoms with van der Waals surface area (Å²) in [4.78, 5) is 23.6. The van der Waals surface area contributed by atoms with Crippen LogP contribution in [0, 0.1) is 5.95 Å². The molecule has 1 amide bonds. The van der Waals surface area contributed by atoms with Crippen molar-refractivity contribution < 1.29 is 13.6 Å². The number of hydrogen-bond acceptors (Lipinski definition) is 5. The van der Waals surface area contributed by atoms with Crippen LogP contribution in [0.2, 0.25) is 0 Å². The minimum absolute atomic E-state index is 0.0416. The van der Waals surface area contributed by atoms with Crippen LogP contribution in [0.3, 0.4) is 0 Å². The largest absolute Gasteiger partial charge is 0.438 e. The Balaban J connectivity index is 1.71. The van der Waals surface area contributed by atoms with Gasteiger partial charge >= 0.3 is 0 Å². The number of carbonyl (C=O) groups excluding carboxylic acids is 1. The molecule has 1 saturated heterocycles. The number of aromatic nitrogens is 2. The van der Waals surface area contributed by atoms with Gasteiger partial charge < -0.3 is 14.2 Å². The van der Waals surface area contributed by atoms with Gasteiger partial charge in [-0.2, -0.15) is 4.39 Å². The first kappa shape index (κ1) is 13.5. The fourth-order valence-corrected chi connectivity index (χ4v) is 2.52. The summed E-state index contributed by atoms with van der Waals surface area (Å²) in [5, 5.41) is 0. The number of hydrogen-bond donors (Lipinski definition) is 0. The molecule has 2 aromatic heterocycles. The van der Waals surface area contributed by atoms with Crippen molar-refractivity contribution in [2.24, 2.45) is 0 Å². The lowest BCUT2D eigenvalue weighted by Crippen LogP contribution is -2.54. The molecule has 1 fully saturated rings. The summed E-state index contributed by atoms with van der Waals surface area (Å²) < 4.78 is 18.3. The first-order valence-corrected chi connectivity index (χ1v) is 6.72. The number of pyridine rings is 1. The molecule has 0 bridgehead atoms. The molecule has 110 valence electrons. The summed E-state index contributed by atoms with van der Waals surface area (Å²) in [6, 6.07) is 4.77. The van der Waals surface area contributed by atoms with E-state index in [9.17, 15) is 9.18 Å². The average Bonchev–Trinajstić information content (AvgIpc) is 3.00. The van der Waals surface area contributed by atoms with Gasteiger partial charge in [0, 0.05) is 25.7 Å². The zero-order valence-corrected chi connectivity index (χ0v) is 11.6. The van der Waals surface area contributed by atoms with E-state index in [4.69, 9.17) is 4.42 Å². The highest BCUT2D eigenvalue weighted by atomic mass is 19.1. The van der Waals surface area contributed by atoms with Gasteiger partial charge in [0.15, 0.2) is 6.39 Å². The third-order valence-corrected chi connectivity index (χ3v) is 3.55. The van der Waals surface area contributed by atoms with Gasteiger partial charge in [0.1, 0.15) is 5.82 Å². The lowest BCUT2D eigenvalue weighted by Gasteiger charge is -2.40. The van der Waals surface area contributed by atoms with E-state index < -0.39 is 5.95 Å². The predicted octanol–water partition coefficient (Wildman–Crippen LogP) is 1.56. The molecule has 1 atom stereocenters. The van der Waals surface area contributed by atoms with E-state index in [1.165, 1.54) is 18.7 Å². The Kier molecular flexibility index (Phi) is 3.55. The number of amides is 1. The van der Waals surface area contributed by atoms with Crippen LogP contribution in [0.25, 0.3) is 0 Å². The summed E-state index contributed by atoms with van der Waals surface area (Å²) in [6.07, 6.45) is 2.65. The summed E-state index contributed by atoms with van der Waals surface area (Å²) in [5.41, 5.74) is 0. The van der Waals surface area contributed by atoms with Gasteiger partial charge in [0.25, 0.3) is 5.91 Å². The van der Waals surface area contributed by atoms with E-state index in [1.54, 1.807) is 17.0 Å². The molecule has 0 saturated carbocycles. The van der Waals surface area contributed by atoms with Crippen LogP contribution in [0.4, 0.5) is 10.2 Å². The molecular weight excluding hydrogens is 275 g/mol. The molecule has 21 heavy (non-hydrogen) atoms. The smallest absolute Gasteiger partial charge is 0.291 e. The van der Waals surface area contributed by atoms with Gasteiger partial charge in [-0.3, -0.25) is 4.79 Å². The predicted molar refractivity (Wildman–Crippen MR) is 73.4 cm³/mol. The fourth-order valence-electron chi connectivity index (χ4n) is 2.52. The van der Waals surface area contributed by atoms with Crippen molar-refractivity contribution in [3.8, 4) is 0 Å². The van der Waals surface area contributed by atoms with Gasteiger partial charge in [-0.05, 0) is 19.1 Å². The van der Waals surface area contributed by atoms with Crippen molar-refractivity contribution in [3.63, 3.8) is 0 Å². The highest BCUT2D eigenvalue weighted by Gasteiger charge is 2.29. The number of nitrogens with zero attached hydrogens (tertiary/aromatic N) is 4. The van der Waals surface area contributed by atoms with Crippen LogP contribution in [0.15, 0.2) is 35.2 Å². The Labute approximate surface area is 121 Å². The van der Waals surface area contributed by atoms with Crippen LogP contribution in [0.1, 0.15) is 17.5 Å². The van der Waals surface area contributed by atoms with Gasteiger partial charge in [0.2, 0.25) is 11.7 Å². The molecule has 2 aromatic rings. The zero-order valence-electron chi connectivity index (χ0n) is 11.6. The monoisotopic (exact) mass is 290 g/mol. The Morgan fingerprint density at radius 3 is 2.95 bits per heavy atom. The van der Waals surface area contributed by atoms with Crippen LogP contribution in [-0.4, -0.2) is 46.5 Å². The fraction of sp³-hybridized carbons (Fsp3) is 0.357. The average molecular weight is 290 g/mol. The van der Waals surface area contributed by atoms with E-state index in [-0.39, 0.29) is 17.7 Å². The maximum atomic E-state index is 13.2. The van der Waals surface area contributed by atoms with E-state index >= 15 is 0 Å². The van der Waals surface area contributed by atoms with Crippen molar-refractivity contribution in [2.45, 2.75) is 13.0 Å². The molecular formula is C14H15FN4O2. The third kappa shape index (κ3) is 2.72. The summed E-state index contributed by atoms with van der Waals surface area (Å²) in [7, 11) is 0. The van der Waals surface area contributed by atoms with Gasteiger partial charge in [-0.1, -0.05) is 6.07 Å². The molecule has 6 nitrogen and oxygen atoms in total. The molecule has 0 radical (unpaired) electrons. The maximum absolute atomic E-state index is 13.2. The second-order valence-electron chi connectivity index (χ2n) is 4.98. The van der Waals surface area contributed by atoms with Gasteiger partial charge in [0.05, 0.1) is 6.20 Å². The molecule has 7 heteroatoms. The van der Waals surface area contributed by atoms with Gasteiger partial charge in [-0.25, -0.2) is 9.97 Å². The molecule has 1 aliphatic heterocycles. The third-order valence-electron chi connectivity index (χ3n) is 3.55. The van der Waals surface area contributed by atoms with E-state index in [0.29, 0.717) is 25.5 Å². The minimum atomic E-state index is -0.500. The number of anilines is 1. The van der Waals surface area contributed by atoms with Crippen molar-refractivity contribution >= 4 is 11.7 Å². The first-order valence-electron chi connectivity index (χ1n) is 6.72. The van der Waals surface area contributed by atoms with Gasteiger partial charge in [-0.15, -0.1) is 0 Å². The zero-order chi connectivity index (χ0) is 14.8. The van der Waals surface area contributed by atoms with Crippen LogP contribution >= 0.6 is 0 Å². The number of oxazole rings is 1. The minimum Gasteiger partial charge on any atom is -0.438 e. The Bertz CT molecular complexity index is 632. The van der Waals surface area contributed by atoms with Crippen LogP contribution < -0.4 is 4.90 Å². The van der Waals surface area contributed by atoms with E-state index in [0.717, 1.165) is 0 Å². The second-order valence-corrected chi connectivity index (χ2v) is 4.98. The summed E-state index contributed by atoms with van der Waals surface area (Å²) in [6.45, 7) is 3.63. The quantitative estimate of drug-likeness (QED) is 0.785. The summed E-state index contributed by atoms with van der Waals surface area (Å²) >= 11 is 0. The molecule has 1 unspecified atom stereocenters. The topological polar surface area (TPSA) is 62.5 Å². The number of rotatable bonds is 2. The number of halogens is 1. The number of carbonyl (C=O) groups is 1. The van der Waals surface area contributed by atoms with Crippen LogP contribution in [-0.2, 0) is 0 Å². The highest BCUT2D eigenvalue weighted by molar-refractivity contribution is 5.91. The molecule has 3 rings (SSSR count). The molecule has 0 aliphatic carbocycles. The maximum Gasteiger partial charge on any atom is 0.291 e. The summed E-state index contributed by atoms with van der Waals surface area (Å²) in [5.74, 6) is 0.153. The second kappa shape index (κ2) is 5.51. The number of piperazine rings is 1. The standard InChI is InChI=1S/C14H15FN4O2/c1-10-8-18(14(20)11-7-16-9-21-11)5-6-19(10)13-4-2-3-12(15)17-13/h2-4,7,9-10H,5-6,8H2,1H3. The van der Waals surface area contributed by atoms with Crippen molar-refractivity contribution in [3.05, 3.63) is 42.5 Å². The molecule has 3 heterocycles. The van der Waals surface area contributed by atoms with Crippen molar-refractivity contribution in [1.29, 1.82) is 0 Å².